The van der Waals surface area contributed by atoms with Gasteiger partial charge < -0.3 is 14.6 Å². The van der Waals surface area contributed by atoms with Crippen LogP contribution < -0.4 is 5.32 Å². The van der Waals surface area contributed by atoms with Crippen LogP contribution >= 0.6 is 11.6 Å². The molecule has 130 valence electrons. The van der Waals surface area contributed by atoms with Crippen molar-refractivity contribution in [2.24, 2.45) is 0 Å². The Morgan fingerprint density at radius 2 is 1.96 bits per heavy atom. The Morgan fingerprint density at radius 1 is 1.33 bits per heavy atom. The highest BCUT2D eigenvalue weighted by Gasteiger charge is 2.26. The molecule has 6 nitrogen and oxygen atoms in total. The fourth-order valence-electron chi connectivity index (χ4n) is 2.05. The number of amides is 1. The molecule has 0 unspecified atom stereocenters. The van der Waals surface area contributed by atoms with E-state index in [0.717, 1.165) is 25.1 Å². The Kier molecular flexibility index (Phi) is 6.48. The Labute approximate surface area is 142 Å². The maximum atomic E-state index is 12.0. The van der Waals surface area contributed by atoms with Gasteiger partial charge in [-0.05, 0) is 37.6 Å². The molecule has 2 aromatic rings. The predicted octanol–water partition coefficient (Wildman–Crippen LogP) is 3.31. The Hall–Kier alpha value is -2.22. The van der Waals surface area contributed by atoms with Crippen LogP contribution in [0.3, 0.4) is 0 Å². The minimum absolute atomic E-state index is 0.0486. The predicted molar refractivity (Wildman–Crippen MR) is 86.1 cm³/mol. The second-order valence-electron chi connectivity index (χ2n) is 5.07. The average Bonchev–Trinajstić information content (AvgIpc) is 2.95. The lowest BCUT2D eigenvalue weighted by atomic mass is 10.2. The summed E-state index contributed by atoms with van der Waals surface area (Å²) >= 11 is 5.84. The molecule has 0 aliphatic carbocycles. The maximum Gasteiger partial charge on any atom is 0.316 e. The summed E-state index contributed by atoms with van der Waals surface area (Å²) in [4.78, 5) is 13.8. The molecule has 1 N–H and O–H groups in total. The molecule has 2 heterocycles. The number of halogens is 3. The van der Waals surface area contributed by atoms with Gasteiger partial charge in [-0.3, -0.25) is 4.79 Å². The monoisotopic (exact) mass is 358 g/mol. The quantitative estimate of drug-likeness (QED) is 0.907. The second-order valence-corrected chi connectivity index (χ2v) is 5.50. The third-order valence-corrected chi connectivity index (χ3v) is 3.65. The van der Waals surface area contributed by atoms with E-state index in [-0.39, 0.29) is 18.0 Å². The fourth-order valence-corrected chi connectivity index (χ4v) is 2.17. The van der Waals surface area contributed by atoms with E-state index >= 15 is 0 Å². The van der Waals surface area contributed by atoms with E-state index in [1.165, 1.54) is 0 Å². The van der Waals surface area contributed by atoms with Crippen LogP contribution in [0.5, 0.6) is 0 Å². The first kappa shape index (κ1) is 18.1. The number of carbonyl (C=O) groups excluding carboxylic acids is 1. The number of hydrogen-bond acceptors (Lipinski definition) is 5. The molecule has 1 aromatic heterocycles. The number of nitrogens with one attached hydrogen (secondary N) is 1. The van der Waals surface area contributed by atoms with Crippen molar-refractivity contribution in [3.63, 3.8) is 0 Å². The zero-order valence-corrected chi connectivity index (χ0v) is 13.8. The minimum Gasteiger partial charge on any atom is -0.403 e. The number of hydrogen-bond donors (Lipinski definition) is 1. The molecule has 24 heavy (non-hydrogen) atoms. The minimum atomic E-state index is -1.75. The van der Waals surface area contributed by atoms with Crippen molar-refractivity contribution < 1.29 is 18.0 Å². The topological polar surface area (TPSA) is 71.3 Å². The van der Waals surface area contributed by atoms with Gasteiger partial charge in [-0.15, -0.1) is 5.10 Å². The molecular weight excluding hydrogens is 342 g/mol. The van der Waals surface area contributed by atoms with Gasteiger partial charge in [0.05, 0.1) is 0 Å². The van der Waals surface area contributed by atoms with Gasteiger partial charge in [-0.1, -0.05) is 16.7 Å². The molecule has 0 saturated carbocycles. The maximum absolute atomic E-state index is 12.0. The SMILES string of the molecule is C[C@@H](Nc1nnc(-c2ccc(Cl)cc2)o1)C(=O)N1CCC1.FCF. The summed E-state index contributed by atoms with van der Waals surface area (Å²) in [5.41, 5.74) is 0.779. The van der Waals surface area contributed by atoms with Crippen LogP contribution in [0.15, 0.2) is 28.7 Å². The second kappa shape index (κ2) is 8.58. The zero-order valence-electron chi connectivity index (χ0n) is 13.0. The number of nitrogens with zero attached hydrogens (tertiary/aromatic N) is 3. The molecule has 1 amide bonds. The molecule has 0 radical (unpaired) electrons. The van der Waals surface area contributed by atoms with Crippen LogP contribution in [0.2, 0.25) is 5.02 Å². The summed E-state index contributed by atoms with van der Waals surface area (Å²) in [7, 11) is 0. The van der Waals surface area contributed by atoms with E-state index in [1.54, 1.807) is 36.1 Å². The summed E-state index contributed by atoms with van der Waals surface area (Å²) in [6, 6.07) is 6.96. The highest BCUT2D eigenvalue weighted by Crippen LogP contribution is 2.22. The summed E-state index contributed by atoms with van der Waals surface area (Å²) in [5.74, 6) is 0.435. The highest BCUT2D eigenvalue weighted by molar-refractivity contribution is 6.30. The van der Waals surface area contributed by atoms with Crippen LogP contribution in [0.25, 0.3) is 11.5 Å². The third kappa shape index (κ3) is 4.64. The molecule has 0 bridgehead atoms. The third-order valence-electron chi connectivity index (χ3n) is 3.39. The molecule has 1 aromatic carbocycles. The van der Waals surface area contributed by atoms with Crippen molar-refractivity contribution in [2.45, 2.75) is 19.4 Å². The van der Waals surface area contributed by atoms with Gasteiger partial charge in [0.2, 0.25) is 18.7 Å². The van der Waals surface area contributed by atoms with E-state index in [0.29, 0.717) is 10.9 Å². The van der Waals surface area contributed by atoms with E-state index < -0.39 is 6.93 Å². The number of rotatable bonds is 4. The van der Waals surface area contributed by atoms with Crippen LogP contribution in [0, 0.1) is 0 Å². The smallest absolute Gasteiger partial charge is 0.316 e. The molecule has 3 rings (SSSR count). The number of alkyl halides is 2. The highest BCUT2D eigenvalue weighted by atomic mass is 35.5. The number of carbonyl (C=O) groups is 1. The van der Waals surface area contributed by atoms with Crippen molar-refractivity contribution >= 4 is 23.5 Å². The molecule has 1 atom stereocenters. The lowest BCUT2D eigenvalue weighted by Crippen LogP contribution is -2.48. The molecular formula is C15H17ClF2N4O2. The first-order chi connectivity index (χ1) is 11.5. The lowest BCUT2D eigenvalue weighted by Gasteiger charge is -2.33. The molecule has 1 saturated heterocycles. The van der Waals surface area contributed by atoms with E-state index in [9.17, 15) is 13.6 Å². The Balaban J connectivity index is 0.000000647. The average molecular weight is 359 g/mol. The molecule has 0 spiro atoms. The molecule has 1 fully saturated rings. The van der Waals surface area contributed by atoms with Gasteiger partial charge in [0.1, 0.15) is 6.04 Å². The summed E-state index contributed by atoms with van der Waals surface area (Å²) in [6.07, 6.45) is 1.07. The van der Waals surface area contributed by atoms with Gasteiger partial charge in [-0.25, -0.2) is 8.78 Å². The van der Waals surface area contributed by atoms with Crippen LogP contribution in [-0.4, -0.2) is 47.1 Å². The molecule has 9 heteroatoms. The van der Waals surface area contributed by atoms with E-state index in [1.807, 2.05) is 0 Å². The summed E-state index contributed by atoms with van der Waals surface area (Å²) < 4.78 is 24.8. The van der Waals surface area contributed by atoms with Gasteiger partial charge >= 0.3 is 6.01 Å². The first-order valence-electron chi connectivity index (χ1n) is 7.32. The summed E-state index contributed by atoms with van der Waals surface area (Å²) in [6.45, 7) is 1.68. The number of aromatic nitrogens is 2. The number of anilines is 1. The number of likely N-dealkylation sites (tertiary alicyclic amines) is 1. The van der Waals surface area contributed by atoms with E-state index in [2.05, 4.69) is 15.5 Å². The Morgan fingerprint density at radius 3 is 2.50 bits per heavy atom. The van der Waals surface area contributed by atoms with Crippen LogP contribution in [0.4, 0.5) is 14.8 Å². The molecule has 1 aliphatic rings. The van der Waals surface area contributed by atoms with Crippen molar-refractivity contribution in [2.75, 3.05) is 25.3 Å². The summed E-state index contributed by atoms with van der Waals surface area (Å²) in [5, 5.41) is 11.4. The molecule has 1 aliphatic heterocycles. The van der Waals surface area contributed by atoms with Crippen molar-refractivity contribution in [3.05, 3.63) is 29.3 Å². The Bertz CT molecular complexity index is 662. The fraction of sp³-hybridized carbons (Fsp3) is 0.400. The van der Waals surface area contributed by atoms with Crippen LogP contribution in [-0.2, 0) is 4.79 Å². The standard InChI is InChI=1S/C14H15ClN4O2.CH2F2/c1-9(13(20)19-7-2-8-19)16-14-18-17-12(21-14)10-3-5-11(15)6-4-10;2-1-3/h3-6,9H,2,7-8H2,1H3,(H,16,18);1H2/t9-;/m1./s1. The van der Waals surface area contributed by atoms with Crippen molar-refractivity contribution in [3.8, 4) is 11.5 Å². The van der Waals surface area contributed by atoms with Gasteiger partial charge in [0.15, 0.2) is 0 Å². The van der Waals surface area contributed by atoms with Crippen LogP contribution in [0.1, 0.15) is 13.3 Å². The van der Waals surface area contributed by atoms with Crippen molar-refractivity contribution in [1.82, 2.24) is 15.1 Å². The largest absolute Gasteiger partial charge is 0.403 e. The first-order valence-corrected chi connectivity index (χ1v) is 7.69. The van der Waals surface area contributed by atoms with Gasteiger partial charge in [0, 0.05) is 23.7 Å². The van der Waals surface area contributed by atoms with Gasteiger partial charge in [0.25, 0.3) is 0 Å². The lowest BCUT2D eigenvalue weighted by molar-refractivity contribution is -0.135. The number of benzene rings is 1. The van der Waals surface area contributed by atoms with E-state index in [4.69, 9.17) is 16.0 Å². The normalized spacial score (nSPS) is 14.2. The van der Waals surface area contributed by atoms with Gasteiger partial charge in [-0.2, -0.15) is 0 Å². The van der Waals surface area contributed by atoms with Crippen molar-refractivity contribution in [1.29, 1.82) is 0 Å². The zero-order chi connectivity index (χ0) is 17.5.